The van der Waals surface area contributed by atoms with Gasteiger partial charge in [-0.2, -0.15) is 0 Å². The summed E-state index contributed by atoms with van der Waals surface area (Å²) in [5.41, 5.74) is 1.17. The summed E-state index contributed by atoms with van der Waals surface area (Å²) < 4.78 is 9.73. The van der Waals surface area contributed by atoms with Crippen molar-refractivity contribution in [1.29, 1.82) is 0 Å². The molecule has 0 bridgehead atoms. The standard InChI is InChI=1S/C10H14O5.C4H8/c11-9(12)6-3-1-2-4-7(6)10(13)15-8-5-14-8;1-4(2)3/h6-8H,1-5H2,(H,11,12);1H2,2-3H3. The lowest BCUT2D eigenvalue weighted by molar-refractivity contribution is -0.163. The van der Waals surface area contributed by atoms with Crippen LogP contribution in [0.4, 0.5) is 0 Å². The van der Waals surface area contributed by atoms with Crippen LogP contribution in [0.3, 0.4) is 0 Å². The molecule has 2 fully saturated rings. The van der Waals surface area contributed by atoms with Crippen molar-refractivity contribution in [3.05, 3.63) is 12.2 Å². The monoisotopic (exact) mass is 270 g/mol. The maximum absolute atomic E-state index is 11.6. The number of rotatable bonds is 3. The average Bonchev–Trinajstić information content (AvgIpc) is 3.12. The van der Waals surface area contributed by atoms with E-state index in [2.05, 4.69) is 6.58 Å². The molecule has 0 spiro atoms. The second kappa shape index (κ2) is 7.28. The number of carboxylic acid groups (broad SMARTS) is 1. The van der Waals surface area contributed by atoms with Crippen LogP contribution in [0.15, 0.2) is 12.2 Å². The molecule has 108 valence electrons. The molecule has 1 aliphatic heterocycles. The van der Waals surface area contributed by atoms with Gasteiger partial charge in [0.25, 0.3) is 0 Å². The third kappa shape index (κ3) is 5.87. The van der Waals surface area contributed by atoms with Gasteiger partial charge in [0.05, 0.1) is 11.8 Å². The van der Waals surface area contributed by atoms with Gasteiger partial charge in [0, 0.05) is 0 Å². The van der Waals surface area contributed by atoms with Crippen LogP contribution in [0.5, 0.6) is 0 Å². The van der Waals surface area contributed by atoms with Crippen molar-refractivity contribution in [2.45, 2.75) is 45.8 Å². The average molecular weight is 270 g/mol. The van der Waals surface area contributed by atoms with Crippen molar-refractivity contribution < 1.29 is 24.2 Å². The topological polar surface area (TPSA) is 76.1 Å². The molecule has 0 amide bonds. The largest absolute Gasteiger partial charge is 0.481 e. The number of hydrogen-bond acceptors (Lipinski definition) is 4. The van der Waals surface area contributed by atoms with Gasteiger partial charge >= 0.3 is 11.9 Å². The summed E-state index contributed by atoms with van der Waals surface area (Å²) in [7, 11) is 0. The van der Waals surface area contributed by atoms with Crippen molar-refractivity contribution in [2.75, 3.05) is 6.61 Å². The molecule has 5 heteroatoms. The zero-order chi connectivity index (χ0) is 14.4. The van der Waals surface area contributed by atoms with Gasteiger partial charge in [-0.3, -0.25) is 9.59 Å². The SMILES string of the molecule is C=C(C)C.O=C(O)C1CCCCC1C(=O)OC1CO1. The Morgan fingerprint density at radius 2 is 1.68 bits per heavy atom. The molecule has 0 aromatic heterocycles. The van der Waals surface area contributed by atoms with Crippen molar-refractivity contribution >= 4 is 11.9 Å². The lowest BCUT2D eigenvalue weighted by Crippen LogP contribution is -2.34. The summed E-state index contributed by atoms with van der Waals surface area (Å²) in [5.74, 6) is -2.37. The minimum Gasteiger partial charge on any atom is -0.481 e. The summed E-state index contributed by atoms with van der Waals surface area (Å²) in [6.45, 7) is 7.94. The van der Waals surface area contributed by atoms with Crippen molar-refractivity contribution in [3.63, 3.8) is 0 Å². The first-order valence-electron chi connectivity index (χ1n) is 6.59. The molecule has 3 unspecified atom stereocenters. The van der Waals surface area contributed by atoms with Crippen molar-refractivity contribution in [1.82, 2.24) is 0 Å². The molecule has 1 saturated heterocycles. The van der Waals surface area contributed by atoms with E-state index < -0.39 is 30.1 Å². The molecule has 0 radical (unpaired) electrons. The van der Waals surface area contributed by atoms with Crippen molar-refractivity contribution in [3.8, 4) is 0 Å². The molecular formula is C14H22O5. The number of carboxylic acids is 1. The molecule has 0 aromatic rings. The highest BCUT2D eigenvalue weighted by Gasteiger charge is 2.39. The number of carbonyl (C=O) groups excluding carboxylic acids is 1. The highest BCUT2D eigenvalue weighted by atomic mass is 16.8. The lowest BCUT2D eigenvalue weighted by Gasteiger charge is -2.26. The third-order valence-corrected chi connectivity index (χ3v) is 2.94. The summed E-state index contributed by atoms with van der Waals surface area (Å²) in [5, 5.41) is 8.97. The van der Waals surface area contributed by atoms with Gasteiger partial charge in [-0.15, -0.1) is 6.58 Å². The Hall–Kier alpha value is -1.36. The summed E-state index contributed by atoms with van der Waals surface area (Å²) in [6.07, 6.45) is 2.53. The van der Waals surface area contributed by atoms with E-state index in [1.165, 1.54) is 5.57 Å². The van der Waals surface area contributed by atoms with Gasteiger partial charge in [-0.25, -0.2) is 0 Å². The number of allylic oxidation sites excluding steroid dienone is 1. The zero-order valence-electron chi connectivity index (χ0n) is 11.6. The second-order valence-electron chi connectivity index (χ2n) is 5.24. The Balaban J connectivity index is 0.000000399. The summed E-state index contributed by atoms with van der Waals surface area (Å²) >= 11 is 0. The van der Waals surface area contributed by atoms with Crippen LogP contribution in [0.25, 0.3) is 0 Å². The van der Waals surface area contributed by atoms with E-state index in [1.54, 1.807) is 0 Å². The minimum atomic E-state index is -0.895. The van der Waals surface area contributed by atoms with Gasteiger partial charge < -0.3 is 14.6 Å². The Labute approximate surface area is 113 Å². The van der Waals surface area contributed by atoms with E-state index in [-0.39, 0.29) is 0 Å². The Morgan fingerprint density at radius 1 is 1.21 bits per heavy atom. The van der Waals surface area contributed by atoms with E-state index in [4.69, 9.17) is 14.6 Å². The number of hydrogen-bond donors (Lipinski definition) is 1. The Bertz CT molecular complexity index is 342. The first kappa shape index (κ1) is 15.7. The molecule has 1 aliphatic carbocycles. The van der Waals surface area contributed by atoms with Gasteiger partial charge in [0.15, 0.2) is 0 Å². The van der Waals surface area contributed by atoms with Crippen LogP contribution in [0.1, 0.15) is 39.5 Å². The van der Waals surface area contributed by atoms with Crippen LogP contribution in [-0.2, 0) is 19.1 Å². The molecule has 1 N–H and O–H groups in total. The van der Waals surface area contributed by atoms with Crippen LogP contribution in [0, 0.1) is 11.8 Å². The molecule has 1 heterocycles. The number of aliphatic carboxylic acids is 1. The fraction of sp³-hybridized carbons (Fsp3) is 0.714. The first-order chi connectivity index (χ1) is 8.91. The Morgan fingerprint density at radius 3 is 2.11 bits per heavy atom. The number of carbonyl (C=O) groups is 2. The smallest absolute Gasteiger partial charge is 0.312 e. The van der Waals surface area contributed by atoms with E-state index in [0.717, 1.165) is 12.8 Å². The molecule has 0 aromatic carbocycles. The normalized spacial score (nSPS) is 28.6. The van der Waals surface area contributed by atoms with Crippen LogP contribution in [-0.4, -0.2) is 29.9 Å². The maximum Gasteiger partial charge on any atom is 0.312 e. The van der Waals surface area contributed by atoms with Crippen LogP contribution < -0.4 is 0 Å². The summed E-state index contributed by atoms with van der Waals surface area (Å²) in [6, 6.07) is 0. The molecule has 2 rings (SSSR count). The second-order valence-corrected chi connectivity index (χ2v) is 5.24. The highest BCUT2D eigenvalue weighted by Crippen LogP contribution is 2.32. The van der Waals surface area contributed by atoms with Gasteiger partial charge in [0.1, 0.15) is 6.61 Å². The number of epoxide rings is 1. The lowest BCUT2D eigenvalue weighted by atomic mass is 9.79. The predicted molar refractivity (Wildman–Crippen MR) is 69.4 cm³/mol. The maximum atomic E-state index is 11.6. The predicted octanol–water partition coefficient (Wildman–Crippen LogP) is 2.36. The van der Waals surface area contributed by atoms with Gasteiger partial charge in [0.2, 0.25) is 6.29 Å². The third-order valence-electron chi connectivity index (χ3n) is 2.94. The molecule has 1 saturated carbocycles. The molecular weight excluding hydrogens is 248 g/mol. The first-order valence-corrected chi connectivity index (χ1v) is 6.59. The van der Waals surface area contributed by atoms with Crippen molar-refractivity contribution in [2.24, 2.45) is 11.8 Å². The Kier molecular flexibility index (Phi) is 6.02. The van der Waals surface area contributed by atoms with Crippen LogP contribution in [0.2, 0.25) is 0 Å². The summed E-state index contributed by atoms with van der Waals surface area (Å²) in [4.78, 5) is 22.5. The fourth-order valence-electron chi connectivity index (χ4n) is 2.03. The van der Waals surface area contributed by atoms with E-state index in [1.807, 2.05) is 13.8 Å². The van der Waals surface area contributed by atoms with Gasteiger partial charge in [-0.1, -0.05) is 18.4 Å². The van der Waals surface area contributed by atoms with E-state index in [9.17, 15) is 9.59 Å². The molecule has 19 heavy (non-hydrogen) atoms. The highest BCUT2D eigenvalue weighted by molar-refractivity contribution is 5.81. The zero-order valence-corrected chi connectivity index (χ0v) is 11.6. The van der Waals surface area contributed by atoms with Crippen LogP contribution >= 0.6 is 0 Å². The van der Waals surface area contributed by atoms with E-state index >= 15 is 0 Å². The number of ether oxygens (including phenoxy) is 2. The number of esters is 1. The molecule has 2 aliphatic rings. The van der Waals surface area contributed by atoms with E-state index in [0.29, 0.717) is 19.4 Å². The minimum absolute atomic E-state index is 0.412. The van der Waals surface area contributed by atoms with Gasteiger partial charge in [-0.05, 0) is 26.7 Å². The quantitative estimate of drug-likeness (QED) is 0.484. The molecule has 3 atom stereocenters. The fourth-order valence-corrected chi connectivity index (χ4v) is 2.03. The molecule has 5 nitrogen and oxygen atoms in total.